The molecule has 3 aromatic heterocycles. The number of carbonyl (C=O) groups excluding carboxylic acids is 1. The van der Waals surface area contributed by atoms with E-state index in [9.17, 15) is 18.0 Å². The van der Waals surface area contributed by atoms with Crippen LogP contribution < -0.4 is 4.74 Å². The summed E-state index contributed by atoms with van der Waals surface area (Å²) in [6.45, 7) is 0.525. The summed E-state index contributed by atoms with van der Waals surface area (Å²) in [4.78, 5) is 20.7. The lowest BCUT2D eigenvalue weighted by molar-refractivity contribution is -0.142. The first kappa shape index (κ1) is 21.4. The van der Waals surface area contributed by atoms with Gasteiger partial charge in [0.1, 0.15) is 11.3 Å². The molecule has 6 nitrogen and oxygen atoms in total. The van der Waals surface area contributed by atoms with E-state index in [1.165, 1.54) is 13.3 Å². The van der Waals surface area contributed by atoms with Gasteiger partial charge in [0.05, 0.1) is 25.0 Å². The first-order valence-corrected chi connectivity index (χ1v) is 11.2. The highest BCUT2D eigenvalue weighted by Gasteiger charge is 2.38. The maximum Gasteiger partial charge on any atom is 0.433 e. The zero-order valence-corrected chi connectivity index (χ0v) is 18.4. The normalized spacial score (nSPS) is 16.5. The van der Waals surface area contributed by atoms with Gasteiger partial charge in [0.25, 0.3) is 5.91 Å². The van der Waals surface area contributed by atoms with Crippen LogP contribution in [0.25, 0.3) is 16.9 Å². The molecule has 0 unspecified atom stereocenters. The molecule has 0 spiro atoms. The Kier molecular flexibility index (Phi) is 5.32. The smallest absolute Gasteiger partial charge is 0.433 e. The number of aromatic nitrogens is 3. The first-order valence-electron chi connectivity index (χ1n) is 10.3. The van der Waals surface area contributed by atoms with Crippen LogP contribution in [0, 0.1) is 0 Å². The third kappa shape index (κ3) is 3.74. The van der Waals surface area contributed by atoms with Crippen molar-refractivity contribution in [2.24, 2.45) is 0 Å². The van der Waals surface area contributed by atoms with Crippen molar-refractivity contribution in [3.05, 3.63) is 70.2 Å². The Labute approximate surface area is 191 Å². The highest BCUT2D eigenvalue weighted by Crippen LogP contribution is 2.38. The number of fused-ring (bicyclic) bond motifs is 1. The lowest BCUT2D eigenvalue weighted by Crippen LogP contribution is -2.30. The number of carbonyl (C=O) groups is 1. The third-order valence-electron chi connectivity index (χ3n) is 5.76. The fourth-order valence-electron chi connectivity index (χ4n) is 4.25. The van der Waals surface area contributed by atoms with Crippen LogP contribution in [0.4, 0.5) is 13.2 Å². The summed E-state index contributed by atoms with van der Waals surface area (Å²) in [5.74, 6) is 0.00544. The molecule has 1 aliphatic rings. The average molecular weight is 472 g/mol. The van der Waals surface area contributed by atoms with E-state index >= 15 is 0 Å². The van der Waals surface area contributed by atoms with Crippen molar-refractivity contribution in [1.29, 1.82) is 0 Å². The van der Waals surface area contributed by atoms with Gasteiger partial charge in [0, 0.05) is 17.0 Å². The van der Waals surface area contributed by atoms with Gasteiger partial charge in [0.2, 0.25) is 0 Å². The second kappa shape index (κ2) is 8.18. The standard InChI is InChI=1S/C23H19F3N4O2S/c1-32-18-8-3-2-6-14(18)16-12-20(23(24,25)26)30-21(28-16)15(13-27-30)22(31)29-10-4-7-17(29)19-9-5-11-33-19/h2-3,5-6,8-9,11-13,17H,4,7,10H2,1H3/t17-/m1/s1. The van der Waals surface area contributed by atoms with E-state index in [4.69, 9.17) is 4.74 Å². The molecule has 4 aromatic rings. The average Bonchev–Trinajstić information content (AvgIpc) is 3.57. The van der Waals surface area contributed by atoms with Gasteiger partial charge in [-0.1, -0.05) is 18.2 Å². The number of likely N-dealkylation sites (tertiary alicyclic amines) is 1. The van der Waals surface area contributed by atoms with Crippen molar-refractivity contribution in [2.45, 2.75) is 25.1 Å². The predicted molar refractivity (Wildman–Crippen MR) is 117 cm³/mol. The van der Waals surface area contributed by atoms with Crippen LogP contribution in [0.1, 0.15) is 39.8 Å². The molecular formula is C23H19F3N4O2S. The topological polar surface area (TPSA) is 59.7 Å². The highest BCUT2D eigenvalue weighted by atomic mass is 32.1. The van der Waals surface area contributed by atoms with Crippen LogP contribution in [-0.2, 0) is 6.18 Å². The zero-order chi connectivity index (χ0) is 23.2. The van der Waals surface area contributed by atoms with Crippen molar-refractivity contribution in [3.63, 3.8) is 0 Å². The van der Waals surface area contributed by atoms with Crippen LogP contribution in [0.5, 0.6) is 5.75 Å². The van der Waals surface area contributed by atoms with Crippen LogP contribution in [0.2, 0.25) is 0 Å². The lowest BCUT2D eigenvalue weighted by Gasteiger charge is -2.23. The van der Waals surface area contributed by atoms with E-state index in [1.54, 1.807) is 40.5 Å². The summed E-state index contributed by atoms with van der Waals surface area (Å²) in [5.41, 5.74) is -0.653. The number of rotatable bonds is 4. The number of hydrogen-bond donors (Lipinski definition) is 0. The molecule has 1 amide bonds. The lowest BCUT2D eigenvalue weighted by atomic mass is 10.1. The Hall–Kier alpha value is -3.40. The number of alkyl halides is 3. The summed E-state index contributed by atoms with van der Waals surface area (Å²) in [7, 11) is 1.44. The molecule has 0 radical (unpaired) electrons. The van der Waals surface area contributed by atoms with Gasteiger partial charge in [-0.2, -0.15) is 18.3 Å². The largest absolute Gasteiger partial charge is 0.496 e. The molecule has 0 N–H and O–H groups in total. The van der Waals surface area contributed by atoms with Crippen molar-refractivity contribution in [2.75, 3.05) is 13.7 Å². The Morgan fingerprint density at radius 3 is 2.76 bits per heavy atom. The van der Waals surface area contributed by atoms with E-state index in [1.807, 2.05) is 17.5 Å². The molecule has 5 rings (SSSR count). The summed E-state index contributed by atoms with van der Waals surface area (Å²) in [5, 5.41) is 5.85. The Bertz CT molecular complexity index is 1320. The molecule has 0 saturated carbocycles. The van der Waals surface area contributed by atoms with Crippen LogP contribution in [0.15, 0.2) is 54.0 Å². The summed E-state index contributed by atoms with van der Waals surface area (Å²) in [6.07, 6.45) is -1.90. The number of hydrogen-bond acceptors (Lipinski definition) is 5. The van der Waals surface area contributed by atoms with Crippen LogP contribution in [-0.4, -0.2) is 39.1 Å². The number of halogens is 3. The van der Waals surface area contributed by atoms with Gasteiger partial charge in [-0.3, -0.25) is 4.79 Å². The zero-order valence-electron chi connectivity index (χ0n) is 17.5. The molecule has 10 heteroatoms. The van der Waals surface area contributed by atoms with Gasteiger partial charge < -0.3 is 9.64 Å². The molecule has 1 saturated heterocycles. The molecule has 0 bridgehead atoms. The second-order valence-electron chi connectivity index (χ2n) is 7.69. The van der Waals surface area contributed by atoms with Crippen molar-refractivity contribution >= 4 is 22.9 Å². The fraction of sp³-hybridized carbons (Fsp3) is 0.261. The first-order chi connectivity index (χ1) is 15.9. The molecule has 1 atom stereocenters. The SMILES string of the molecule is COc1ccccc1-c1cc(C(F)(F)F)n2ncc(C(=O)N3CCC[C@@H]3c3cccs3)c2n1. The number of methoxy groups -OCH3 is 1. The van der Waals surface area contributed by atoms with Crippen molar-refractivity contribution in [1.82, 2.24) is 19.5 Å². The van der Waals surface area contributed by atoms with E-state index in [2.05, 4.69) is 10.1 Å². The van der Waals surface area contributed by atoms with E-state index in [-0.39, 0.29) is 28.9 Å². The minimum Gasteiger partial charge on any atom is -0.496 e. The fourth-order valence-corrected chi connectivity index (χ4v) is 5.12. The van der Waals surface area contributed by atoms with Crippen molar-refractivity contribution < 1.29 is 22.7 Å². The number of nitrogens with zero attached hydrogens (tertiary/aromatic N) is 4. The molecule has 4 heterocycles. The molecule has 170 valence electrons. The minimum atomic E-state index is -4.70. The Morgan fingerprint density at radius 1 is 1.21 bits per heavy atom. The summed E-state index contributed by atoms with van der Waals surface area (Å²) < 4.78 is 47.8. The number of para-hydroxylation sites is 1. The number of thiophene rings is 1. The van der Waals surface area contributed by atoms with Crippen molar-refractivity contribution in [3.8, 4) is 17.0 Å². The molecular weight excluding hydrogens is 453 g/mol. The predicted octanol–water partition coefficient (Wildman–Crippen LogP) is 5.46. The number of ether oxygens (including phenoxy) is 1. The molecule has 1 aliphatic heterocycles. The van der Waals surface area contributed by atoms with Gasteiger partial charge in [-0.05, 0) is 42.5 Å². The van der Waals surface area contributed by atoms with E-state index in [0.717, 1.165) is 23.8 Å². The molecule has 0 aliphatic carbocycles. The van der Waals surface area contributed by atoms with Gasteiger partial charge >= 0.3 is 6.18 Å². The maximum absolute atomic E-state index is 13.9. The quantitative estimate of drug-likeness (QED) is 0.396. The summed E-state index contributed by atoms with van der Waals surface area (Å²) >= 11 is 1.56. The summed E-state index contributed by atoms with van der Waals surface area (Å²) in [6, 6.07) is 11.4. The second-order valence-corrected chi connectivity index (χ2v) is 8.67. The highest BCUT2D eigenvalue weighted by molar-refractivity contribution is 7.10. The van der Waals surface area contributed by atoms with Gasteiger partial charge in [-0.15, -0.1) is 11.3 Å². The number of benzene rings is 1. The Balaban J connectivity index is 1.66. The van der Waals surface area contributed by atoms with Gasteiger partial charge in [0.15, 0.2) is 11.3 Å². The van der Waals surface area contributed by atoms with Crippen LogP contribution >= 0.6 is 11.3 Å². The minimum absolute atomic E-state index is 0.0423. The van der Waals surface area contributed by atoms with Gasteiger partial charge in [-0.25, -0.2) is 9.50 Å². The van der Waals surface area contributed by atoms with E-state index in [0.29, 0.717) is 22.4 Å². The van der Waals surface area contributed by atoms with Crippen LogP contribution in [0.3, 0.4) is 0 Å². The third-order valence-corrected chi connectivity index (χ3v) is 6.73. The monoisotopic (exact) mass is 472 g/mol. The maximum atomic E-state index is 13.9. The Morgan fingerprint density at radius 2 is 2.03 bits per heavy atom. The molecule has 1 fully saturated rings. The molecule has 1 aromatic carbocycles. The van der Waals surface area contributed by atoms with E-state index < -0.39 is 11.9 Å². The molecule has 33 heavy (non-hydrogen) atoms. The number of amides is 1.